The molecule has 0 spiro atoms. The lowest BCUT2D eigenvalue weighted by Gasteiger charge is -2.06. The highest BCUT2D eigenvalue weighted by Crippen LogP contribution is 2.28. The minimum absolute atomic E-state index is 0.513. The Morgan fingerprint density at radius 2 is 1.62 bits per heavy atom. The van der Waals surface area contributed by atoms with Gasteiger partial charge in [0.1, 0.15) is 11.5 Å². The van der Waals surface area contributed by atoms with Crippen LogP contribution < -0.4 is 10.5 Å². The van der Waals surface area contributed by atoms with Gasteiger partial charge < -0.3 is 10.5 Å². The summed E-state index contributed by atoms with van der Waals surface area (Å²) in [6.07, 6.45) is 3.10. The first kappa shape index (κ1) is 11.0. The number of nitrogen functional groups attached to an aromatic ring is 1. The van der Waals surface area contributed by atoms with E-state index in [1.165, 1.54) is 6.20 Å². The first-order valence-corrected chi connectivity index (χ1v) is 5.23. The number of hydrogen-bond acceptors (Lipinski definition) is 3. The number of rotatable bonds is 2. The molecule has 0 aliphatic carbocycles. The molecule has 2 N–H and O–H groups in total. The maximum atomic E-state index is 5.84. The molecule has 0 unspecified atom stereocenters. The van der Waals surface area contributed by atoms with Crippen LogP contribution in [0.5, 0.6) is 11.5 Å². The molecule has 0 aliphatic rings. The van der Waals surface area contributed by atoms with Gasteiger partial charge in [0.2, 0.25) is 0 Å². The van der Waals surface area contributed by atoms with Gasteiger partial charge in [-0.05, 0) is 18.2 Å². The topological polar surface area (TPSA) is 48.1 Å². The normalized spacial score (nSPS) is 10.1. The van der Waals surface area contributed by atoms with Crippen molar-refractivity contribution in [2.75, 3.05) is 5.73 Å². The van der Waals surface area contributed by atoms with Crippen molar-refractivity contribution in [1.82, 2.24) is 4.98 Å². The van der Waals surface area contributed by atoms with Gasteiger partial charge in [-0.2, -0.15) is 0 Å². The lowest BCUT2D eigenvalue weighted by atomic mass is 10.3. The molecule has 1 aromatic heterocycles. The summed E-state index contributed by atoms with van der Waals surface area (Å²) < 4.78 is 5.51. The molecular weight excluding hydrogens is 247 g/mol. The highest BCUT2D eigenvalue weighted by Gasteiger charge is 2.01. The Kier molecular flexibility index (Phi) is 3.17. The maximum absolute atomic E-state index is 5.84. The van der Waals surface area contributed by atoms with Crippen molar-refractivity contribution in [3.05, 3.63) is 46.7 Å². The van der Waals surface area contributed by atoms with Crippen molar-refractivity contribution >= 4 is 28.9 Å². The number of nitrogens with two attached hydrogens (primary N) is 1. The first-order chi connectivity index (χ1) is 7.63. The maximum Gasteiger partial charge on any atom is 0.147 e. The molecule has 2 aromatic rings. The van der Waals surface area contributed by atoms with Gasteiger partial charge in [-0.15, -0.1) is 0 Å². The fraction of sp³-hybridized carbons (Fsp3) is 0. The molecule has 3 nitrogen and oxygen atoms in total. The van der Waals surface area contributed by atoms with E-state index in [0.29, 0.717) is 27.2 Å². The third-order valence-electron chi connectivity index (χ3n) is 1.81. The summed E-state index contributed by atoms with van der Waals surface area (Å²) in [4.78, 5) is 3.91. The van der Waals surface area contributed by atoms with Crippen molar-refractivity contribution in [3.8, 4) is 11.5 Å². The van der Waals surface area contributed by atoms with Crippen LogP contribution in [0.15, 0.2) is 36.7 Å². The van der Waals surface area contributed by atoms with E-state index in [4.69, 9.17) is 33.7 Å². The number of ether oxygens (including phenoxy) is 1. The van der Waals surface area contributed by atoms with E-state index in [0.717, 1.165) is 0 Å². The zero-order valence-corrected chi connectivity index (χ0v) is 9.66. The van der Waals surface area contributed by atoms with Crippen molar-refractivity contribution < 1.29 is 4.74 Å². The van der Waals surface area contributed by atoms with Crippen LogP contribution >= 0.6 is 23.2 Å². The molecule has 82 valence electrons. The van der Waals surface area contributed by atoms with Crippen molar-refractivity contribution in [3.63, 3.8) is 0 Å². The summed E-state index contributed by atoms with van der Waals surface area (Å²) >= 11 is 11.7. The monoisotopic (exact) mass is 254 g/mol. The molecule has 1 heterocycles. The lowest BCUT2D eigenvalue weighted by Crippen LogP contribution is -1.89. The number of benzene rings is 1. The number of aromatic nitrogens is 1. The van der Waals surface area contributed by atoms with E-state index in [9.17, 15) is 0 Å². The fourth-order valence-electron chi connectivity index (χ4n) is 1.21. The van der Waals surface area contributed by atoms with Gasteiger partial charge in [-0.1, -0.05) is 23.2 Å². The van der Waals surface area contributed by atoms with Gasteiger partial charge in [0.15, 0.2) is 0 Å². The summed E-state index contributed by atoms with van der Waals surface area (Å²) in [5, 5.41) is 1.03. The Morgan fingerprint density at radius 3 is 2.25 bits per heavy atom. The van der Waals surface area contributed by atoms with Crippen LogP contribution in [0, 0.1) is 0 Å². The molecule has 0 radical (unpaired) electrons. The summed E-state index contributed by atoms with van der Waals surface area (Å²) in [5.74, 6) is 1.09. The number of hydrogen-bond donors (Lipinski definition) is 1. The molecule has 0 saturated heterocycles. The predicted molar refractivity (Wildman–Crippen MR) is 65.2 cm³/mol. The first-order valence-electron chi connectivity index (χ1n) is 4.48. The van der Waals surface area contributed by atoms with Crippen LogP contribution in [0.4, 0.5) is 5.69 Å². The van der Waals surface area contributed by atoms with E-state index in [1.54, 1.807) is 30.5 Å². The average Bonchev–Trinajstić information content (AvgIpc) is 2.15. The zero-order valence-electron chi connectivity index (χ0n) is 8.15. The van der Waals surface area contributed by atoms with E-state index in [1.807, 2.05) is 0 Å². The molecule has 0 amide bonds. The van der Waals surface area contributed by atoms with Gasteiger partial charge in [-0.25, -0.2) is 0 Å². The summed E-state index contributed by atoms with van der Waals surface area (Å²) in [5.41, 5.74) is 6.11. The molecule has 5 heteroatoms. The fourth-order valence-corrected chi connectivity index (χ4v) is 1.72. The Balaban J connectivity index is 2.27. The van der Waals surface area contributed by atoms with Crippen LogP contribution in [-0.4, -0.2) is 4.98 Å². The molecule has 0 aliphatic heterocycles. The van der Waals surface area contributed by atoms with Crippen molar-refractivity contribution in [1.29, 1.82) is 0 Å². The van der Waals surface area contributed by atoms with Crippen LogP contribution in [0.3, 0.4) is 0 Å². The Hall–Kier alpha value is -1.45. The second kappa shape index (κ2) is 4.60. The Morgan fingerprint density at radius 1 is 0.938 bits per heavy atom. The third-order valence-corrected chi connectivity index (χ3v) is 2.24. The quantitative estimate of drug-likeness (QED) is 0.888. The van der Waals surface area contributed by atoms with E-state index >= 15 is 0 Å². The van der Waals surface area contributed by atoms with Gasteiger partial charge in [0.25, 0.3) is 0 Å². The highest BCUT2D eigenvalue weighted by molar-refractivity contribution is 6.34. The minimum Gasteiger partial charge on any atom is -0.456 e. The molecular formula is C11H8Cl2N2O. The van der Waals surface area contributed by atoms with Crippen molar-refractivity contribution in [2.24, 2.45) is 0 Å². The summed E-state index contributed by atoms with van der Waals surface area (Å²) in [6, 6.07) is 6.63. The smallest absolute Gasteiger partial charge is 0.147 e. The van der Waals surface area contributed by atoms with Gasteiger partial charge in [0.05, 0.1) is 18.1 Å². The third kappa shape index (κ3) is 2.78. The average molecular weight is 255 g/mol. The number of halogens is 2. The van der Waals surface area contributed by atoms with Gasteiger partial charge in [0, 0.05) is 16.1 Å². The SMILES string of the molecule is Nc1cncc(Oc2cc(Cl)cc(Cl)c2)c1. The van der Waals surface area contributed by atoms with Crippen LogP contribution in [0.2, 0.25) is 10.0 Å². The number of pyridine rings is 1. The van der Waals surface area contributed by atoms with Crippen molar-refractivity contribution in [2.45, 2.75) is 0 Å². The van der Waals surface area contributed by atoms with E-state index < -0.39 is 0 Å². The number of anilines is 1. The van der Waals surface area contributed by atoms with Crippen LogP contribution in [0.25, 0.3) is 0 Å². The molecule has 0 saturated carbocycles. The molecule has 2 rings (SSSR count). The summed E-state index contributed by atoms with van der Waals surface area (Å²) in [6.45, 7) is 0. The largest absolute Gasteiger partial charge is 0.456 e. The number of nitrogens with zero attached hydrogens (tertiary/aromatic N) is 1. The minimum atomic E-state index is 0.513. The second-order valence-electron chi connectivity index (χ2n) is 3.16. The zero-order chi connectivity index (χ0) is 11.5. The van der Waals surface area contributed by atoms with Crippen LogP contribution in [-0.2, 0) is 0 Å². The second-order valence-corrected chi connectivity index (χ2v) is 4.03. The summed E-state index contributed by atoms with van der Waals surface area (Å²) in [7, 11) is 0. The highest BCUT2D eigenvalue weighted by atomic mass is 35.5. The predicted octanol–water partition coefficient (Wildman–Crippen LogP) is 3.76. The Labute approximate surface area is 103 Å². The molecule has 0 bridgehead atoms. The van der Waals surface area contributed by atoms with E-state index in [-0.39, 0.29) is 0 Å². The molecule has 0 fully saturated rings. The van der Waals surface area contributed by atoms with Gasteiger partial charge in [-0.3, -0.25) is 4.98 Å². The standard InChI is InChI=1S/C11H8Cl2N2O/c12-7-1-8(13)3-10(2-7)16-11-4-9(14)5-15-6-11/h1-6H,14H2. The Bertz CT molecular complexity index is 497. The molecule has 0 atom stereocenters. The van der Waals surface area contributed by atoms with E-state index in [2.05, 4.69) is 4.98 Å². The van der Waals surface area contributed by atoms with Crippen LogP contribution in [0.1, 0.15) is 0 Å². The lowest BCUT2D eigenvalue weighted by molar-refractivity contribution is 0.481. The molecule has 16 heavy (non-hydrogen) atoms. The molecule has 1 aromatic carbocycles. The van der Waals surface area contributed by atoms with Gasteiger partial charge >= 0.3 is 0 Å².